The number of urea groups is 1. The van der Waals surface area contributed by atoms with Gasteiger partial charge in [-0.2, -0.15) is 0 Å². The van der Waals surface area contributed by atoms with Crippen molar-refractivity contribution in [1.82, 2.24) is 19.8 Å². The second-order valence-electron chi connectivity index (χ2n) is 9.12. The molecule has 1 unspecified atom stereocenters. The van der Waals surface area contributed by atoms with Crippen LogP contribution >= 0.6 is 0 Å². The van der Waals surface area contributed by atoms with E-state index in [4.69, 9.17) is 0 Å². The summed E-state index contributed by atoms with van der Waals surface area (Å²) in [5.41, 5.74) is 3.36. The standard InChI is InChI=1S/C26H27N5O3/c1-17-6-10-19(11-7-17)26(2)24(33)31(25(34)29-26)16-22(32)28-20-12-8-18(9-13-20)23-27-15-21-5-3-4-14-30(21)23/h6-13,15H,3-5,14,16H2,1-2H3,(H,28,32)(H,29,34). The van der Waals surface area contributed by atoms with Crippen LogP contribution in [0, 0.1) is 6.92 Å². The zero-order valence-corrected chi connectivity index (χ0v) is 19.3. The molecule has 1 fully saturated rings. The predicted molar refractivity (Wildman–Crippen MR) is 128 cm³/mol. The Morgan fingerprint density at radius 3 is 2.56 bits per heavy atom. The molecule has 0 saturated carbocycles. The van der Waals surface area contributed by atoms with Gasteiger partial charge in [-0.25, -0.2) is 9.78 Å². The lowest BCUT2D eigenvalue weighted by Crippen LogP contribution is -2.42. The number of hydrogen-bond acceptors (Lipinski definition) is 4. The van der Waals surface area contributed by atoms with E-state index in [2.05, 4.69) is 20.2 Å². The Morgan fingerprint density at radius 1 is 1.09 bits per heavy atom. The fraction of sp³-hybridized carbons (Fsp3) is 0.308. The van der Waals surface area contributed by atoms with Gasteiger partial charge in [0.15, 0.2) is 0 Å². The molecule has 0 spiro atoms. The molecule has 1 atom stereocenters. The van der Waals surface area contributed by atoms with Crippen LogP contribution in [0.1, 0.15) is 36.6 Å². The number of anilines is 1. The topological polar surface area (TPSA) is 96.3 Å². The smallest absolute Gasteiger partial charge is 0.325 e. The summed E-state index contributed by atoms with van der Waals surface area (Å²) in [6.45, 7) is 4.22. The van der Waals surface area contributed by atoms with Crippen LogP contribution in [0.15, 0.2) is 54.7 Å². The van der Waals surface area contributed by atoms with Gasteiger partial charge in [0.25, 0.3) is 5.91 Å². The minimum atomic E-state index is -1.20. The Morgan fingerprint density at radius 2 is 1.82 bits per heavy atom. The molecule has 2 N–H and O–H groups in total. The van der Waals surface area contributed by atoms with Gasteiger partial charge in [-0.3, -0.25) is 14.5 Å². The molecule has 4 amide bonds. The molecule has 2 aliphatic heterocycles. The zero-order chi connectivity index (χ0) is 23.9. The first kappa shape index (κ1) is 21.9. The summed E-state index contributed by atoms with van der Waals surface area (Å²) in [7, 11) is 0. The fourth-order valence-electron chi connectivity index (χ4n) is 4.64. The largest absolute Gasteiger partial charge is 0.328 e. The molecular weight excluding hydrogens is 430 g/mol. The summed E-state index contributed by atoms with van der Waals surface area (Å²) in [5.74, 6) is 0.0424. The first-order valence-corrected chi connectivity index (χ1v) is 11.5. The van der Waals surface area contributed by atoms with Gasteiger partial charge in [-0.1, -0.05) is 29.8 Å². The normalized spacial score (nSPS) is 19.6. The second kappa shape index (κ2) is 8.44. The van der Waals surface area contributed by atoms with Crippen LogP contribution in [0.5, 0.6) is 0 Å². The van der Waals surface area contributed by atoms with Crippen LogP contribution < -0.4 is 10.6 Å². The van der Waals surface area contributed by atoms with Gasteiger partial charge < -0.3 is 15.2 Å². The number of carbonyl (C=O) groups excluding carboxylic acids is 3. The summed E-state index contributed by atoms with van der Waals surface area (Å²) in [6, 6.07) is 14.3. The van der Waals surface area contributed by atoms with Gasteiger partial charge in [0.2, 0.25) is 5.91 Å². The number of imide groups is 1. The molecule has 0 aliphatic carbocycles. The van der Waals surface area contributed by atoms with Crippen molar-refractivity contribution in [1.29, 1.82) is 0 Å². The number of aryl methyl sites for hydroxylation is 2. The van der Waals surface area contributed by atoms with Crippen LogP contribution in [0.25, 0.3) is 11.4 Å². The van der Waals surface area contributed by atoms with Crippen molar-refractivity contribution in [2.45, 2.75) is 45.2 Å². The van der Waals surface area contributed by atoms with E-state index in [0.29, 0.717) is 11.3 Å². The first-order chi connectivity index (χ1) is 16.3. The summed E-state index contributed by atoms with van der Waals surface area (Å²) >= 11 is 0. The molecule has 5 rings (SSSR count). The van der Waals surface area contributed by atoms with Crippen LogP contribution in [-0.2, 0) is 28.1 Å². The highest BCUT2D eigenvalue weighted by molar-refractivity contribution is 6.10. The van der Waals surface area contributed by atoms with Gasteiger partial charge in [-0.05, 0) is 62.9 Å². The molecule has 1 aromatic heterocycles. The highest BCUT2D eigenvalue weighted by Crippen LogP contribution is 2.29. The van der Waals surface area contributed by atoms with E-state index in [-0.39, 0.29) is 6.54 Å². The van der Waals surface area contributed by atoms with Gasteiger partial charge in [-0.15, -0.1) is 0 Å². The monoisotopic (exact) mass is 457 g/mol. The molecule has 2 aliphatic rings. The van der Waals surface area contributed by atoms with Gasteiger partial charge in [0.05, 0.1) is 0 Å². The maximum atomic E-state index is 13.1. The Balaban J connectivity index is 1.25. The Labute approximate surface area is 198 Å². The lowest BCUT2D eigenvalue weighted by molar-refractivity contribution is -0.133. The van der Waals surface area contributed by atoms with E-state index in [9.17, 15) is 14.4 Å². The average molecular weight is 458 g/mol. The molecule has 2 aromatic carbocycles. The minimum Gasteiger partial charge on any atom is -0.328 e. The van der Waals surface area contributed by atoms with Crippen molar-refractivity contribution < 1.29 is 14.4 Å². The molecule has 0 bridgehead atoms. The SMILES string of the molecule is Cc1ccc(C2(C)NC(=O)N(CC(=O)Nc3ccc(-c4ncc5n4CCCC5)cc3)C2=O)cc1. The molecule has 34 heavy (non-hydrogen) atoms. The third kappa shape index (κ3) is 3.85. The fourth-order valence-corrected chi connectivity index (χ4v) is 4.64. The molecule has 3 heterocycles. The number of imidazole rings is 1. The van der Waals surface area contributed by atoms with Crippen molar-refractivity contribution in [3.8, 4) is 11.4 Å². The van der Waals surface area contributed by atoms with Crippen LogP contribution in [0.2, 0.25) is 0 Å². The van der Waals surface area contributed by atoms with Crippen LogP contribution in [-0.4, -0.2) is 38.8 Å². The number of nitrogens with zero attached hydrogens (tertiary/aromatic N) is 3. The zero-order valence-electron chi connectivity index (χ0n) is 19.3. The average Bonchev–Trinajstić information content (AvgIpc) is 3.35. The van der Waals surface area contributed by atoms with E-state index < -0.39 is 23.4 Å². The van der Waals surface area contributed by atoms with Crippen molar-refractivity contribution in [3.63, 3.8) is 0 Å². The lowest BCUT2D eigenvalue weighted by Gasteiger charge is -2.22. The quantitative estimate of drug-likeness (QED) is 0.572. The predicted octanol–water partition coefficient (Wildman–Crippen LogP) is 3.60. The summed E-state index contributed by atoms with van der Waals surface area (Å²) in [4.78, 5) is 43.8. The maximum Gasteiger partial charge on any atom is 0.325 e. The number of amides is 4. The third-order valence-corrected chi connectivity index (χ3v) is 6.64. The first-order valence-electron chi connectivity index (χ1n) is 11.5. The number of rotatable bonds is 5. The lowest BCUT2D eigenvalue weighted by atomic mass is 9.91. The summed E-state index contributed by atoms with van der Waals surface area (Å²) < 4.78 is 2.25. The number of carbonyl (C=O) groups is 3. The van der Waals surface area contributed by atoms with Crippen LogP contribution in [0.3, 0.4) is 0 Å². The Kier molecular flexibility index (Phi) is 5.43. The third-order valence-electron chi connectivity index (χ3n) is 6.64. The van der Waals surface area contributed by atoms with E-state index in [1.165, 1.54) is 12.1 Å². The highest BCUT2D eigenvalue weighted by Gasteiger charge is 2.49. The van der Waals surface area contributed by atoms with Crippen molar-refractivity contribution in [2.75, 3.05) is 11.9 Å². The number of nitrogens with one attached hydrogen (secondary N) is 2. The van der Waals surface area contributed by atoms with Crippen molar-refractivity contribution in [3.05, 3.63) is 71.5 Å². The van der Waals surface area contributed by atoms with E-state index >= 15 is 0 Å². The molecule has 3 aromatic rings. The second-order valence-corrected chi connectivity index (χ2v) is 9.12. The molecular formula is C26H27N5O3. The molecule has 8 heteroatoms. The van der Waals surface area contributed by atoms with Gasteiger partial charge >= 0.3 is 6.03 Å². The maximum absolute atomic E-state index is 13.1. The molecule has 174 valence electrons. The Hall–Kier alpha value is -3.94. The number of fused-ring (bicyclic) bond motifs is 1. The van der Waals surface area contributed by atoms with E-state index in [1.54, 1.807) is 19.1 Å². The summed E-state index contributed by atoms with van der Waals surface area (Å²) in [5, 5.41) is 5.51. The molecule has 8 nitrogen and oxygen atoms in total. The van der Waals surface area contributed by atoms with Gasteiger partial charge in [0.1, 0.15) is 17.9 Å². The number of benzene rings is 2. The van der Waals surface area contributed by atoms with Crippen molar-refractivity contribution >= 4 is 23.5 Å². The Bertz CT molecular complexity index is 1260. The summed E-state index contributed by atoms with van der Waals surface area (Å²) in [6.07, 6.45) is 5.33. The minimum absolute atomic E-state index is 0.359. The molecule has 0 radical (unpaired) electrons. The van der Waals surface area contributed by atoms with Crippen molar-refractivity contribution in [2.24, 2.45) is 0 Å². The number of hydrogen-bond donors (Lipinski definition) is 2. The van der Waals surface area contributed by atoms with Gasteiger partial charge in [0, 0.05) is 29.7 Å². The van der Waals surface area contributed by atoms with E-state index in [0.717, 1.165) is 41.2 Å². The van der Waals surface area contributed by atoms with Crippen LogP contribution in [0.4, 0.5) is 10.5 Å². The number of aromatic nitrogens is 2. The molecule has 1 saturated heterocycles. The highest BCUT2D eigenvalue weighted by atomic mass is 16.2. The van der Waals surface area contributed by atoms with E-state index in [1.807, 2.05) is 49.5 Å².